The monoisotopic (exact) mass is 237 g/mol. The maximum atomic E-state index is 4.63. The number of nitrogens with zero attached hydrogens (tertiary/aromatic N) is 2. The summed E-state index contributed by atoms with van der Waals surface area (Å²) in [4.78, 5) is 0. The normalized spacial score (nSPS) is 11.7. The van der Waals surface area contributed by atoms with Crippen LogP contribution in [-0.2, 0) is 6.54 Å². The number of hydrogen-bond acceptors (Lipinski definition) is 2. The molecule has 1 heterocycles. The molecule has 1 aromatic heterocycles. The zero-order chi connectivity index (χ0) is 12.8. The zero-order valence-corrected chi connectivity index (χ0v) is 12.0. The molecule has 0 amide bonds. The van der Waals surface area contributed by atoms with Gasteiger partial charge in [-0.2, -0.15) is 5.10 Å². The number of nitrogens with one attached hydrogen (secondary N) is 1. The number of hydrogen-bond donors (Lipinski definition) is 1. The third kappa shape index (κ3) is 4.15. The van der Waals surface area contributed by atoms with Crippen LogP contribution in [0.2, 0.25) is 0 Å². The molecule has 98 valence electrons. The number of aromatic nitrogens is 2. The van der Waals surface area contributed by atoms with Crippen LogP contribution < -0.4 is 5.32 Å². The van der Waals surface area contributed by atoms with E-state index in [-0.39, 0.29) is 0 Å². The zero-order valence-electron chi connectivity index (χ0n) is 12.0. The fourth-order valence-corrected chi connectivity index (χ4v) is 2.04. The quantitative estimate of drug-likeness (QED) is 0.788. The van der Waals surface area contributed by atoms with Gasteiger partial charge in [0.2, 0.25) is 0 Å². The topological polar surface area (TPSA) is 29.9 Å². The van der Waals surface area contributed by atoms with Crippen molar-refractivity contribution in [2.24, 2.45) is 5.92 Å². The van der Waals surface area contributed by atoms with Gasteiger partial charge in [-0.25, -0.2) is 0 Å². The van der Waals surface area contributed by atoms with E-state index in [0.717, 1.165) is 31.6 Å². The fourth-order valence-electron chi connectivity index (χ4n) is 2.04. The van der Waals surface area contributed by atoms with Crippen LogP contribution in [0.15, 0.2) is 6.20 Å². The summed E-state index contributed by atoms with van der Waals surface area (Å²) in [6.07, 6.45) is 4.51. The molecule has 0 saturated heterocycles. The Hall–Kier alpha value is -0.830. The largest absolute Gasteiger partial charge is 0.312 e. The third-order valence-electron chi connectivity index (χ3n) is 3.20. The second-order valence-corrected chi connectivity index (χ2v) is 5.21. The van der Waals surface area contributed by atoms with Crippen molar-refractivity contribution >= 4 is 0 Å². The molecule has 0 aromatic carbocycles. The van der Waals surface area contributed by atoms with Gasteiger partial charge >= 0.3 is 0 Å². The first-order valence-electron chi connectivity index (χ1n) is 6.83. The van der Waals surface area contributed by atoms with Crippen molar-refractivity contribution in [3.8, 4) is 0 Å². The van der Waals surface area contributed by atoms with E-state index in [1.807, 2.05) is 0 Å². The average Bonchev–Trinajstić information content (AvgIpc) is 2.62. The van der Waals surface area contributed by atoms with Crippen molar-refractivity contribution in [2.45, 2.75) is 60.0 Å². The minimum absolute atomic E-state index is 0.549. The molecule has 0 fully saturated rings. The molecular formula is C14H27N3. The lowest BCUT2D eigenvalue weighted by Gasteiger charge is -2.12. The van der Waals surface area contributed by atoms with Crippen molar-refractivity contribution in [1.82, 2.24) is 15.1 Å². The molecule has 0 aliphatic carbocycles. The van der Waals surface area contributed by atoms with Gasteiger partial charge in [-0.1, -0.05) is 27.7 Å². The molecular weight excluding hydrogens is 210 g/mol. The molecule has 0 bridgehead atoms. The Balaban J connectivity index is 2.61. The van der Waals surface area contributed by atoms with Gasteiger partial charge in [0.25, 0.3) is 0 Å². The summed E-state index contributed by atoms with van der Waals surface area (Å²) in [6, 6.07) is 0.549. The van der Waals surface area contributed by atoms with E-state index in [4.69, 9.17) is 0 Å². The highest BCUT2D eigenvalue weighted by atomic mass is 15.3. The second-order valence-electron chi connectivity index (χ2n) is 5.21. The predicted octanol–water partition coefficient (Wildman–Crippen LogP) is 3.30. The van der Waals surface area contributed by atoms with Crippen molar-refractivity contribution in [3.63, 3.8) is 0 Å². The van der Waals surface area contributed by atoms with E-state index in [9.17, 15) is 0 Å². The van der Waals surface area contributed by atoms with Gasteiger partial charge < -0.3 is 5.32 Å². The summed E-state index contributed by atoms with van der Waals surface area (Å²) in [5.41, 5.74) is 2.49. The Morgan fingerprint density at radius 2 is 1.94 bits per heavy atom. The van der Waals surface area contributed by atoms with Crippen LogP contribution in [0.1, 0.15) is 57.8 Å². The molecule has 0 saturated carbocycles. The van der Waals surface area contributed by atoms with Crippen molar-refractivity contribution in [3.05, 3.63) is 17.5 Å². The summed E-state index contributed by atoms with van der Waals surface area (Å²) in [5.74, 6) is 0.699. The molecule has 1 aromatic rings. The molecule has 1 rings (SSSR count). The molecule has 0 radical (unpaired) electrons. The summed E-state index contributed by atoms with van der Waals surface area (Å²) in [6.45, 7) is 13.0. The molecule has 0 aliphatic heterocycles. The lowest BCUT2D eigenvalue weighted by atomic mass is 10.2. The lowest BCUT2D eigenvalue weighted by molar-refractivity contribution is 0.426. The molecule has 3 heteroatoms. The second kappa shape index (κ2) is 6.80. The van der Waals surface area contributed by atoms with Crippen LogP contribution in [0, 0.1) is 12.8 Å². The highest BCUT2D eigenvalue weighted by molar-refractivity contribution is 5.15. The van der Waals surface area contributed by atoms with E-state index in [1.165, 1.54) is 5.56 Å². The Morgan fingerprint density at radius 1 is 1.29 bits per heavy atom. The van der Waals surface area contributed by atoms with E-state index >= 15 is 0 Å². The summed E-state index contributed by atoms with van der Waals surface area (Å²) < 4.78 is 2.14. The van der Waals surface area contributed by atoms with E-state index in [0.29, 0.717) is 12.0 Å². The fraction of sp³-hybridized carbons (Fsp3) is 0.786. The minimum atomic E-state index is 0.549. The van der Waals surface area contributed by atoms with E-state index in [1.54, 1.807) is 0 Å². The highest BCUT2D eigenvalue weighted by Gasteiger charge is 2.10. The Labute approximate surface area is 106 Å². The van der Waals surface area contributed by atoms with Gasteiger partial charge in [0.05, 0.1) is 11.7 Å². The third-order valence-corrected chi connectivity index (χ3v) is 3.20. The Kier molecular flexibility index (Phi) is 5.69. The maximum Gasteiger partial charge on any atom is 0.0638 e. The van der Waals surface area contributed by atoms with Crippen LogP contribution in [0.25, 0.3) is 0 Å². The Morgan fingerprint density at radius 3 is 2.47 bits per heavy atom. The standard InChI is InChI=1S/C14H27N3/c1-6-14(7-2)17-10-13(12(5)16-17)9-15-8-11(3)4/h10-11,14-15H,6-9H2,1-5H3. The van der Waals surface area contributed by atoms with Gasteiger partial charge in [-0.15, -0.1) is 0 Å². The molecule has 0 atom stereocenters. The van der Waals surface area contributed by atoms with E-state index in [2.05, 4.69) is 55.9 Å². The lowest BCUT2D eigenvalue weighted by Crippen LogP contribution is -2.19. The highest BCUT2D eigenvalue weighted by Crippen LogP contribution is 2.17. The van der Waals surface area contributed by atoms with Crippen molar-refractivity contribution in [2.75, 3.05) is 6.54 Å². The SMILES string of the molecule is CCC(CC)n1cc(CNCC(C)C)c(C)n1. The first kappa shape index (κ1) is 14.2. The first-order chi connectivity index (χ1) is 8.08. The summed E-state index contributed by atoms with van der Waals surface area (Å²) in [7, 11) is 0. The maximum absolute atomic E-state index is 4.63. The smallest absolute Gasteiger partial charge is 0.0638 e. The molecule has 0 unspecified atom stereocenters. The van der Waals surface area contributed by atoms with Crippen LogP contribution in [-0.4, -0.2) is 16.3 Å². The van der Waals surface area contributed by atoms with Gasteiger partial charge in [-0.3, -0.25) is 4.68 Å². The van der Waals surface area contributed by atoms with Crippen molar-refractivity contribution < 1.29 is 0 Å². The summed E-state index contributed by atoms with van der Waals surface area (Å²) in [5, 5.41) is 8.10. The number of rotatable bonds is 7. The van der Waals surface area contributed by atoms with Gasteiger partial charge in [-0.05, 0) is 32.2 Å². The molecule has 17 heavy (non-hydrogen) atoms. The van der Waals surface area contributed by atoms with Gasteiger partial charge in [0.1, 0.15) is 0 Å². The van der Waals surface area contributed by atoms with Crippen LogP contribution in [0.4, 0.5) is 0 Å². The van der Waals surface area contributed by atoms with Crippen LogP contribution in [0.3, 0.4) is 0 Å². The molecule has 1 N–H and O–H groups in total. The van der Waals surface area contributed by atoms with Gasteiger partial charge in [0, 0.05) is 18.3 Å². The van der Waals surface area contributed by atoms with Crippen LogP contribution >= 0.6 is 0 Å². The number of aryl methyl sites for hydroxylation is 1. The Bertz CT molecular complexity index is 324. The predicted molar refractivity (Wildman–Crippen MR) is 73.1 cm³/mol. The van der Waals surface area contributed by atoms with Gasteiger partial charge in [0.15, 0.2) is 0 Å². The summed E-state index contributed by atoms with van der Waals surface area (Å²) >= 11 is 0. The van der Waals surface area contributed by atoms with Crippen molar-refractivity contribution in [1.29, 1.82) is 0 Å². The van der Waals surface area contributed by atoms with Crippen LogP contribution in [0.5, 0.6) is 0 Å². The molecule has 3 nitrogen and oxygen atoms in total. The van der Waals surface area contributed by atoms with E-state index < -0.39 is 0 Å². The molecule has 0 aliphatic rings. The minimum Gasteiger partial charge on any atom is -0.312 e. The molecule has 0 spiro atoms. The average molecular weight is 237 g/mol. The first-order valence-corrected chi connectivity index (χ1v) is 6.83.